The van der Waals surface area contributed by atoms with Crippen LogP contribution in [0.25, 0.3) is 0 Å². The van der Waals surface area contributed by atoms with Gasteiger partial charge in [-0.25, -0.2) is 26.3 Å². The molecule has 1 heterocycles. The van der Waals surface area contributed by atoms with Crippen LogP contribution >= 0.6 is 0 Å². The molecule has 0 radical (unpaired) electrons. The van der Waals surface area contributed by atoms with Gasteiger partial charge < -0.3 is 12.3 Å². The van der Waals surface area contributed by atoms with Crippen LogP contribution < -0.4 is 0 Å². The maximum atomic E-state index is 12.8. The fourth-order valence-corrected chi connectivity index (χ4v) is 20.1. The fraction of sp³-hybridized carbons (Fsp3) is 0.333. The van der Waals surface area contributed by atoms with Crippen LogP contribution in [0.4, 0.5) is 26.3 Å². The van der Waals surface area contributed by atoms with Crippen LogP contribution in [-0.4, -0.2) is 25.7 Å². The molecule has 12 heteroatoms. The minimum absolute atomic E-state index is 0.0436. The van der Waals surface area contributed by atoms with Gasteiger partial charge in [0.2, 0.25) is 0 Å². The maximum Gasteiger partial charge on any atom is 0.328 e. The van der Waals surface area contributed by atoms with Gasteiger partial charge in [-0.2, -0.15) is 0 Å². The molecule has 0 aromatic carbocycles. The van der Waals surface area contributed by atoms with Crippen molar-refractivity contribution in [3.8, 4) is 0 Å². The minimum Gasteiger partial charge on any atom is -0.415 e. The Bertz CT molecular complexity index is 538. The van der Waals surface area contributed by atoms with Crippen molar-refractivity contribution in [2.45, 2.75) is 36.3 Å². The van der Waals surface area contributed by atoms with E-state index in [0.717, 1.165) is 36.5 Å². The quantitative estimate of drug-likeness (QED) is 0.214. The zero-order chi connectivity index (χ0) is 22.3. The fourth-order valence-electron chi connectivity index (χ4n) is 3.17. The molecule has 1 fully saturated rings. The van der Waals surface area contributed by atoms with Gasteiger partial charge in [0.15, 0.2) is 0 Å². The molecule has 1 aliphatic heterocycles. The van der Waals surface area contributed by atoms with Crippen LogP contribution in [-0.2, 0) is 12.3 Å². The summed E-state index contributed by atoms with van der Waals surface area (Å²) in [6.45, 7) is 0. The summed E-state index contributed by atoms with van der Waals surface area (Å²) >= 11 is 0. The van der Waals surface area contributed by atoms with Crippen molar-refractivity contribution < 1.29 is 38.7 Å². The Balaban J connectivity index is 3.61. The zero-order valence-corrected chi connectivity index (χ0v) is 19.2. The van der Waals surface area contributed by atoms with Crippen molar-refractivity contribution in [2.75, 3.05) is 0 Å². The topological polar surface area (TPSA) is 27.7 Å². The van der Waals surface area contributed by atoms with Crippen LogP contribution in [0, 0.1) is 0 Å². The van der Waals surface area contributed by atoms with E-state index in [9.17, 15) is 26.3 Å². The van der Waals surface area contributed by atoms with E-state index >= 15 is 0 Å². The second-order valence-electron chi connectivity index (χ2n) is 6.43. The number of allylic oxidation sites excluding steroid dienone is 6. The van der Waals surface area contributed by atoms with Gasteiger partial charge >= 0.3 is 25.7 Å². The standard InChI is InChI=1S/C18H24F6O3Si3/c19-7-1-13-28(14-2-8-20)25-29(15-3-9-21,16-4-10-22)27-30(26-28,17-5-11-23)18-6-12-24/h1-12H,13-18H2. The molecule has 0 bridgehead atoms. The van der Waals surface area contributed by atoms with E-state index in [2.05, 4.69) is 0 Å². The van der Waals surface area contributed by atoms with Gasteiger partial charge in [0.1, 0.15) is 0 Å². The van der Waals surface area contributed by atoms with Crippen molar-refractivity contribution >= 4 is 25.7 Å². The first-order valence-electron chi connectivity index (χ1n) is 9.10. The zero-order valence-electron chi connectivity index (χ0n) is 16.2. The van der Waals surface area contributed by atoms with E-state index in [1.165, 1.54) is 0 Å². The smallest absolute Gasteiger partial charge is 0.328 e. The van der Waals surface area contributed by atoms with Gasteiger partial charge in [-0.1, -0.05) is 36.5 Å². The molecule has 0 N–H and O–H groups in total. The van der Waals surface area contributed by atoms with Crippen LogP contribution in [0.3, 0.4) is 0 Å². The third-order valence-electron chi connectivity index (χ3n) is 4.22. The lowest BCUT2D eigenvalue weighted by Crippen LogP contribution is -2.69. The Hall–Kier alpha value is -1.45. The van der Waals surface area contributed by atoms with Gasteiger partial charge in [0, 0.05) is 36.3 Å². The van der Waals surface area contributed by atoms with E-state index in [1.54, 1.807) is 0 Å². The molecule has 0 atom stereocenters. The average molecular weight is 487 g/mol. The first kappa shape index (κ1) is 26.6. The van der Waals surface area contributed by atoms with Gasteiger partial charge in [-0.15, -0.1) is 0 Å². The molecule has 3 nitrogen and oxygen atoms in total. The second kappa shape index (κ2) is 13.8. The third-order valence-corrected chi connectivity index (χ3v) is 18.3. The molecule has 0 unspecified atom stereocenters. The summed E-state index contributed by atoms with van der Waals surface area (Å²) in [7, 11) is -10.4. The van der Waals surface area contributed by atoms with E-state index in [4.69, 9.17) is 12.3 Å². The normalized spacial score (nSPS) is 31.0. The summed E-state index contributed by atoms with van der Waals surface area (Å²) in [5.74, 6) is 0. The Kier molecular flexibility index (Phi) is 12.2. The van der Waals surface area contributed by atoms with Gasteiger partial charge in [-0.05, 0) is 0 Å². The first-order chi connectivity index (χ1) is 14.5. The minimum atomic E-state index is -3.48. The van der Waals surface area contributed by atoms with E-state index in [0.29, 0.717) is 0 Å². The summed E-state index contributed by atoms with van der Waals surface area (Å²) in [6.07, 6.45) is 8.60. The molecule has 1 saturated heterocycles. The molecule has 0 spiro atoms. The van der Waals surface area contributed by atoms with Gasteiger partial charge in [0.05, 0.1) is 38.0 Å². The molecular formula is C18H24F6O3Si3. The van der Waals surface area contributed by atoms with E-state index < -0.39 is 25.7 Å². The highest BCUT2D eigenvalue weighted by molar-refractivity contribution is 6.95. The van der Waals surface area contributed by atoms with Crippen molar-refractivity contribution in [2.24, 2.45) is 0 Å². The highest BCUT2D eigenvalue weighted by atomic mass is 28.5. The number of hydrogen-bond acceptors (Lipinski definition) is 3. The number of hydrogen-bond donors (Lipinski definition) is 0. The van der Waals surface area contributed by atoms with Crippen molar-refractivity contribution in [3.05, 3.63) is 74.4 Å². The Morgan fingerprint density at radius 3 is 0.667 bits per heavy atom. The predicted molar refractivity (Wildman–Crippen MR) is 111 cm³/mol. The predicted octanol–water partition coefficient (Wildman–Crippen LogP) is 7.28. The third kappa shape index (κ3) is 8.00. The summed E-state index contributed by atoms with van der Waals surface area (Å²) in [4.78, 5) is 0. The first-order valence-corrected chi connectivity index (χ1v) is 15.8. The van der Waals surface area contributed by atoms with Crippen molar-refractivity contribution in [1.29, 1.82) is 0 Å². The lowest BCUT2D eigenvalue weighted by molar-refractivity contribution is 0.219. The summed E-state index contributed by atoms with van der Waals surface area (Å²) in [5.41, 5.74) is 0. The lowest BCUT2D eigenvalue weighted by Gasteiger charge is -2.52. The van der Waals surface area contributed by atoms with Gasteiger partial charge in [0.25, 0.3) is 0 Å². The van der Waals surface area contributed by atoms with Crippen LogP contribution in [0.1, 0.15) is 0 Å². The highest BCUT2D eigenvalue weighted by Crippen LogP contribution is 2.43. The number of rotatable bonds is 12. The Morgan fingerprint density at radius 1 is 0.367 bits per heavy atom. The highest BCUT2D eigenvalue weighted by Gasteiger charge is 2.60. The van der Waals surface area contributed by atoms with Crippen LogP contribution in [0.2, 0.25) is 36.3 Å². The molecule has 0 aromatic heterocycles. The molecule has 1 aliphatic rings. The molecule has 0 aromatic rings. The molecule has 0 amide bonds. The van der Waals surface area contributed by atoms with Gasteiger partial charge in [-0.3, -0.25) is 0 Å². The molecule has 1 rings (SSSR count). The molecule has 0 saturated carbocycles. The van der Waals surface area contributed by atoms with Crippen molar-refractivity contribution in [3.63, 3.8) is 0 Å². The monoisotopic (exact) mass is 486 g/mol. The van der Waals surface area contributed by atoms with E-state index in [-0.39, 0.29) is 74.2 Å². The van der Waals surface area contributed by atoms with Crippen LogP contribution in [0.5, 0.6) is 0 Å². The largest absolute Gasteiger partial charge is 0.415 e. The van der Waals surface area contributed by atoms with Crippen molar-refractivity contribution in [1.82, 2.24) is 0 Å². The molecule has 0 aliphatic carbocycles. The average Bonchev–Trinajstić information content (AvgIpc) is 2.76. The summed E-state index contributed by atoms with van der Waals surface area (Å²) < 4.78 is 95.7. The Morgan fingerprint density at radius 2 is 0.533 bits per heavy atom. The molecule has 30 heavy (non-hydrogen) atoms. The maximum absolute atomic E-state index is 12.8. The Labute approximate surface area is 175 Å². The molecular weight excluding hydrogens is 462 g/mol. The van der Waals surface area contributed by atoms with E-state index in [1.807, 2.05) is 0 Å². The van der Waals surface area contributed by atoms with Crippen LogP contribution in [0.15, 0.2) is 74.4 Å². The summed E-state index contributed by atoms with van der Waals surface area (Å²) in [5, 5.41) is 0. The SMILES string of the molecule is FC=CC[Si]1(CC=CF)O[Si](CC=CF)(CC=CF)O[Si](CC=CF)(CC=CF)O1. The lowest BCUT2D eigenvalue weighted by atomic mass is 10.7. The number of halogens is 6. The second-order valence-corrected chi connectivity index (χ2v) is 16.8. The summed E-state index contributed by atoms with van der Waals surface area (Å²) in [6, 6.07) is -0.262. The molecule has 168 valence electrons.